The molecule has 2 unspecified atom stereocenters. The van der Waals surface area contributed by atoms with Gasteiger partial charge < -0.3 is 5.32 Å². The maximum Gasteiger partial charge on any atom is 0.251 e. The predicted molar refractivity (Wildman–Crippen MR) is 84.5 cm³/mol. The molecule has 0 heterocycles. The molecule has 2 rings (SSSR count). The van der Waals surface area contributed by atoms with Crippen molar-refractivity contribution in [2.24, 2.45) is 0 Å². The van der Waals surface area contributed by atoms with E-state index in [9.17, 15) is 4.79 Å². The number of nitrogens with one attached hydrogen (secondary N) is 1. The monoisotopic (exact) mass is 293 g/mol. The lowest BCUT2D eigenvalue weighted by molar-refractivity contribution is 0.0926. The number of carbonyl (C=O) groups excluding carboxylic acids is 1. The Morgan fingerprint density at radius 1 is 1.20 bits per heavy atom. The Bertz CT molecular complexity index is 478. The van der Waals surface area contributed by atoms with E-state index in [4.69, 9.17) is 11.6 Å². The van der Waals surface area contributed by atoms with Gasteiger partial charge in [0, 0.05) is 11.6 Å². The van der Waals surface area contributed by atoms with E-state index in [2.05, 4.69) is 26.1 Å². The molecular formula is C17H24ClNO. The van der Waals surface area contributed by atoms with Gasteiger partial charge in [-0.2, -0.15) is 0 Å². The molecule has 110 valence electrons. The largest absolute Gasteiger partial charge is 0.348 e. The molecule has 20 heavy (non-hydrogen) atoms. The molecule has 0 spiro atoms. The molecule has 0 aromatic heterocycles. The summed E-state index contributed by atoms with van der Waals surface area (Å²) in [5.74, 6) is 0.00748. The Hall–Kier alpha value is -1.02. The molecule has 1 aromatic carbocycles. The Balaban J connectivity index is 2.17. The zero-order chi connectivity index (χ0) is 14.8. The molecule has 0 radical (unpaired) electrons. The van der Waals surface area contributed by atoms with E-state index in [1.54, 1.807) is 0 Å². The molecule has 1 fully saturated rings. The summed E-state index contributed by atoms with van der Waals surface area (Å²) in [6, 6.07) is 7.95. The standard InChI is InChI=1S/C17H24ClNO/c1-17(2,3)13-9-5-4-8-12(13)16(20)19-15-11-7-6-10-14(15)18/h4-5,8-9,14-15H,6-7,10-11H2,1-3H3,(H,19,20). The highest BCUT2D eigenvalue weighted by Gasteiger charge is 2.27. The van der Waals surface area contributed by atoms with Gasteiger partial charge in [-0.25, -0.2) is 0 Å². The molecule has 3 heteroatoms. The highest BCUT2D eigenvalue weighted by molar-refractivity contribution is 6.21. The van der Waals surface area contributed by atoms with Crippen molar-refractivity contribution in [1.82, 2.24) is 5.32 Å². The van der Waals surface area contributed by atoms with Gasteiger partial charge in [-0.3, -0.25) is 4.79 Å². The van der Waals surface area contributed by atoms with E-state index in [-0.39, 0.29) is 22.7 Å². The molecule has 1 aliphatic carbocycles. The van der Waals surface area contributed by atoms with Crippen molar-refractivity contribution in [2.75, 3.05) is 0 Å². The number of carbonyl (C=O) groups is 1. The normalized spacial score (nSPS) is 23.4. The number of hydrogen-bond donors (Lipinski definition) is 1. The summed E-state index contributed by atoms with van der Waals surface area (Å²) < 4.78 is 0. The van der Waals surface area contributed by atoms with E-state index >= 15 is 0 Å². The second kappa shape index (κ2) is 6.17. The first-order chi connectivity index (χ1) is 9.39. The number of amides is 1. The topological polar surface area (TPSA) is 29.1 Å². The highest BCUT2D eigenvalue weighted by atomic mass is 35.5. The van der Waals surface area contributed by atoms with Crippen LogP contribution in [0.25, 0.3) is 0 Å². The third-order valence-corrected chi connectivity index (χ3v) is 4.50. The molecular weight excluding hydrogens is 270 g/mol. The summed E-state index contributed by atoms with van der Waals surface area (Å²) in [6.07, 6.45) is 4.29. The third-order valence-electron chi connectivity index (χ3n) is 3.98. The fourth-order valence-corrected chi connectivity index (χ4v) is 3.17. The van der Waals surface area contributed by atoms with Crippen LogP contribution in [-0.2, 0) is 5.41 Å². The lowest BCUT2D eigenvalue weighted by atomic mass is 9.83. The highest BCUT2D eigenvalue weighted by Crippen LogP contribution is 2.27. The Kier molecular flexibility index (Phi) is 4.74. The van der Waals surface area contributed by atoms with Gasteiger partial charge in [0.25, 0.3) is 5.91 Å². The van der Waals surface area contributed by atoms with Gasteiger partial charge in [-0.05, 0) is 29.9 Å². The lowest BCUT2D eigenvalue weighted by Gasteiger charge is -2.29. The van der Waals surface area contributed by atoms with Gasteiger partial charge in [0.05, 0.1) is 5.38 Å². The first-order valence-corrected chi connectivity index (χ1v) is 7.87. The van der Waals surface area contributed by atoms with Crippen LogP contribution in [0.15, 0.2) is 24.3 Å². The summed E-state index contributed by atoms with van der Waals surface area (Å²) in [5, 5.41) is 3.19. The van der Waals surface area contributed by atoms with Crippen LogP contribution in [0.2, 0.25) is 0 Å². The second-order valence-electron chi connectivity index (χ2n) is 6.68. The van der Waals surface area contributed by atoms with Crippen LogP contribution in [0.5, 0.6) is 0 Å². The minimum absolute atomic E-state index is 0.00748. The van der Waals surface area contributed by atoms with Crippen LogP contribution >= 0.6 is 11.6 Å². The number of halogens is 1. The van der Waals surface area contributed by atoms with Crippen molar-refractivity contribution in [2.45, 2.75) is 63.3 Å². The summed E-state index contributed by atoms with van der Waals surface area (Å²) in [6.45, 7) is 6.39. The maximum atomic E-state index is 12.6. The molecule has 1 amide bonds. The van der Waals surface area contributed by atoms with Gasteiger partial charge in [0.1, 0.15) is 0 Å². The Morgan fingerprint density at radius 2 is 1.85 bits per heavy atom. The molecule has 1 aliphatic rings. The smallest absolute Gasteiger partial charge is 0.251 e. The van der Waals surface area contributed by atoms with Crippen molar-refractivity contribution in [1.29, 1.82) is 0 Å². The first-order valence-electron chi connectivity index (χ1n) is 7.44. The van der Waals surface area contributed by atoms with Crippen LogP contribution in [0.4, 0.5) is 0 Å². The molecule has 2 nitrogen and oxygen atoms in total. The molecule has 0 aliphatic heterocycles. The van der Waals surface area contributed by atoms with Crippen molar-refractivity contribution in [3.8, 4) is 0 Å². The van der Waals surface area contributed by atoms with Crippen molar-refractivity contribution in [3.05, 3.63) is 35.4 Å². The van der Waals surface area contributed by atoms with Crippen LogP contribution < -0.4 is 5.32 Å². The minimum Gasteiger partial charge on any atom is -0.348 e. The van der Waals surface area contributed by atoms with E-state index in [1.165, 1.54) is 6.42 Å². The maximum absolute atomic E-state index is 12.6. The van der Waals surface area contributed by atoms with Crippen molar-refractivity contribution in [3.63, 3.8) is 0 Å². The minimum atomic E-state index is -0.0408. The number of alkyl halides is 1. The molecule has 1 aromatic rings. The first kappa shape index (κ1) is 15.4. The predicted octanol–water partition coefficient (Wildman–Crippen LogP) is 4.26. The second-order valence-corrected chi connectivity index (χ2v) is 7.24. The fourth-order valence-electron chi connectivity index (χ4n) is 2.83. The Morgan fingerprint density at radius 3 is 2.50 bits per heavy atom. The zero-order valence-electron chi connectivity index (χ0n) is 12.6. The van der Waals surface area contributed by atoms with Gasteiger partial charge in [0.2, 0.25) is 0 Å². The number of benzene rings is 1. The van der Waals surface area contributed by atoms with Crippen molar-refractivity contribution < 1.29 is 4.79 Å². The van der Waals surface area contributed by atoms with E-state index in [0.717, 1.165) is 30.4 Å². The molecule has 1 saturated carbocycles. The lowest BCUT2D eigenvalue weighted by Crippen LogP contribution is -2.43. The fraction of sp³-hybridized carbons (Fsp3) is 0.588. The summed E-state index contributed by atoms with van der Waals surface area (Å²) >= 11 is 6.33. The van der Waals surface area contributed by atoms with Crippen LogP contribution in [-0.4, -0.2) is 17.3 Å². The average molecular weight is 294 g/mol. The van der Waals surface area contributed by atoms with Crippen LogP contribution in [0.3, 0.4) is 0 Å². The third kappa shape index (κ3) is 3.54. The zero-order valence-corrected chi connectivity index (χ0v) is 13.3. The molecule has 0 bridgehead atoms. The SMILES string of the molecule is CC(C)(C)c1ccccc1C(=O)NC1CCCCC1Cl. The van der Waals surface area contributed by atoms with Crippen molar-refractivity contribution >= 4 is 17.5 Å². The average Bonchev–Trinajstić information content (AvgIpc) is 2.40. The van der Waals surface area contributed by atoms with Gasteiger partial charge in [-0.15, -0.1) is 11.6 Å². The van der Waals surface area contributed by atoms with Gasteiger partial charge >= 0.3 is 0 Å². The summed E-state index contributed by atoms with van der Waals surface area (Å²) in [5.41, 5.74) is 1.81. The van der Waals surface area contributed by atoms with Crippen LogP contribution in [0.1, 0.15) is 62.4 Å². The summed E-state index contributed by atoms with van der Waals surface area (Å²) in [4.78, 5) is 12.6. The van der Waals surface area contributed by atoms with Crippen LogP contribution in [0, 0.1) is 0 Å². The number of hydrogen-bond acceptors (Lipinski definition) is 1. The van der Waals surface area contributed by atoms with Gasteiger partial charge in [-0.1, -0.05) is 51.8 Å². The van der Waals surface area contributed by atoms with E-state index in [1.807, 2.05) is 24.3 Å². The summed E-state index contributed by atoms with van der Waals surface area (Å²) in [7, 11) is 0. The Labute approximate surface area is 126 Å². The van der Waals surface area contributed by atoms with Gasteiger partial charge in [0.15, 0.2) is 0 Å². The number of rotatable bonds is 2. The molecule has 1 N–H and O–H groups in total. The molecule has 2 atom stereocenters. The molecule has 0 saturated heterocycles. The van der Waals surface area contributed by atoms with E-state index < -0.39 is 0 Å². The van der Waals surface area contributed by atoms with E-state index in [0.29, 0.717) is 0 Å². The quantitative estimate of drug-likeness (QED) is 0.811.